The van der Waals surface area contributed by atoms with Crippen molar-refractivity contribution in [3.8, 4) is 0 Å². The Hall–Kier alpha value is -0.920. The van der Waals surface area contributed by atoms with E-state index in [0.717, 1.165) is 18.9 Å². The van der Waals surface area contributed by atoms with Gasteiger partial charge in [-0.3, -0.25) is 0 Å². The van der Waals surface area contributed by atoms with Gasteiger partial charge in [-0.25, -0.2) is 18.1 Å². The average molecular weight is 272 g/mol. The third kappa shape index (κ3) is 2.57. The molecular formula is C11H20N4O2S. The van der Waals surface area contributed by atoms with Gasteiger partial charge in [0.05, 0.1) is 0 Å². The van der Waals surface area contributed by atoms with E-state index >= 15 is 0 Å². The first-order chi connectivity index (χ1) is 8.44. The highest BCUT2D eigenvalue weighted by Crippen LogP contribution is 2.14. The molecule has 2 heterocycles. The van der Waals surface area contributed by atoms with E-state index in [1.54, 1.807) is 6.20 Å². The van der Waals surface area contributed by atoms with Gasteiger partial charge in [0.25, 0.3) is 10.0 Å². The maximum atomic E-state index is 12.2. The van der Waals surface area contributed by atoms with E-state index < -0.39 is 10.0 Å². The molecule has 2 atom stereocenters. The third-order valence-corrected chi connectivity index (χ3v) is 4.75. The molecule has 6 nitrogen and oxygen atoms in total. The lowest BCUT2D eigenvalue weighted by atomic mass is 10.1. The van der Waals surface area contributed by atoms with Crippen LogP contribution in [0.5, 0.6) is 0 Å². The summed E-state index contributed by atoms with van der Waals surface area (Å²) in [6.45, 7) is 8.03. The predicted octanol–water partition coefficient (Wildman–Crippen LogP) is 0.0976. The Bertz CT molecular complexity index is 523. The molecule has 7 heteroatoms. The molecule has 0 spiro atoms. The van der Waals surface area contributed by atoms with Crippen molar-refractivity contribution in [3.05, 3.63) is 12.0 Å². The maximum Gasteiger partial charge on any atom is 0.259 e. The molecule has 102 valence electrons. The lowest BCUT2D eigenvalue weighted by molar-refractivity contribution is 0.501. The van der Waals surface area contributed by atoms with Gasteiger partial charge in [-0.1, -0.05) is 6.92 Å². The molecule has 2 unspecified atom stereocenters. The monoisotopic (exact) mass is 272 g/mol. The molecule has 1 aromatic heterocycles. The van der Waals surface area contributed by atoms with Crippen molar-refractivity contribution >= 4 is 10.0 Å². The van der Waals surface area contributed by atoms with Gasteiger partial charge in [0.2, 0.25) is 0 Å². The molecule has 0 aliphatic carbocycles. The number of hydrogen-bond acceptors (Lipinski definition) is 4. The highest BCUT2D eigenvalue weighted by molar-refractivity contribution is 7.89. The fourth-order valence-corrected chi connectivity index (χ4v) is 3.51. The van der Waals surface area contributed by atoms with Gasteiger partial charge >= 0.3 is 0 Å². The number of aryl methyl sites for hydroxylation is 2. The average Bonchev–Trinajstić information content (AvgIpc) is 2.86. The number of nitrogens with zero attached hydrogens (tertiary/aromatic N) is 2. The van der Waals surface area contributed by atoms with Crippen LogP contribution < -0.4 is 10.0 Å². The standard InChI is InChI=1S/C11H20N4O2S/c1-4-15-7-11(13-9(15)3)18(16,17)14-10-6-12-5-8(10)2/h7-8,10,12,14H,4-6H2,1-3H3. The minimum absolute atomic E-state index is 0.0536. The number of imidazole rings is 1. The first-order valence-electron chi connectivity index (χ1n) is 6.21. The molecular weight excluding hydrogens is 252 g/mol. The van der Waals surface area contributed by atoms with Crippen LogP contribution in [0, 0.1) is 12.8 Å². The van der Waals surface area contributed by atoms with E-state index in [0.29, 0.717) is 12.5 Å². The molecule has 0 bridgehead atoms. The molecule has 1 saturated heterocycles. The first kappa shape index (κ1) is 13.5. The number of hydrogen-bond donors (Lipinski definition) is 2. The van der Waals surface area contributed by atoms with Crippen molar-refractivity contribution in [2.45, 2.75) is 38.4 Å². The van der Waals surface area contributed by atoms with Gasteiger partial charge in [-0.05, 0) is 26.3 Å². The number of sulfonamides is 1. The van der Waals surface area contributed by atoms with Crippen LogP contribution >= 0.6 is 0 Å². The Morgan fingerprint density at radius 2 is 2.28 bits per heavy atom. The summed E-state index contributed by atoms with van der Waals surface area (Å²) in [5.74, 6) is 1.02. The summed E-state index contributed by atoms with van der Waals surface area (Å²) in [6.07, 6.45) is 1.59. The summed E-state index contributed by atoms with van der Waals surface area (Å²) in [6, 6.07) is -0.0536. The van der Waals surface area contributed by atoms with Crippen LogP contribution in [0.3, 0.4) is 0 Å². The normalized spacial score (nSPS) is 24.6. The summed E-state index contributed by atoms with van der Waals surface area (Å²) in [5.41, 5.74) is 0. The molecule has 18 heavy (non-hydrogen) atoms. The number of aromatic nitrogens is 2. The molecule has 1 aliphatic heterocycles. The lowest BCUT2D eigenvalue weighted by Gasteiger charge is -2.15. The highest BCUT2D eigenvalue weighted by atomic mass is 32.2. The van der Waals surface area contributed by atoms with E-state index in [1.807, 2.05) is 25.3 Å². The summed E-state index contributed by atoms with van der Waals surface area (Å²) in [5, 5.41) is 3.28. The molecule has 1 aromatic rings. The van der Waals surface area contributed by atoms with Crippen LogP contribution in [-0.2, 0) is 16.6 Å². The van der Waals surface area contributed by atoms with Crippen molar-refractivity contribution in [2.75, 3.05) is 13.1 Å². The van der Waals surface area contributed by atoms with E-state index in [-0.39, 0.29) is 11.1 Å². The SMILES string of the molecule is CCn1cc(S(=O)(=O)NC2CNCC2C)nc1C. The Morgan fingerprint density at radius 3 is 2.78 bits per heavy atom. The largest absolute Gasteiger partial charge is 0.334 e. The molecule has 0 saturated carbocycles. The molecule has 1 fully saturated rings. The minimum Gasteiger partial charge on any atom is -0.334 e. The molecule has 2 N–H and O–H groups in total. The quantitative estimate of drug-likeness (QED) is 0.815. The summed E-state index contributed by atoms with van der Waals surface area (Å²) >= 11 is 0. The van der Waals surface area contributed by atoms with E-state index in [4.69, 9.17) is 0 Å². The molecule has 1 aliphatic rings. The zero-order valence-corrected chi connectivity index (χ0v) is 11.8. The third-order valence-electron chi connectivity index (χ3n) is 3.39. The van der Waals surface area contributed by atoms with Crippen LogP contribution in [0.25, 0.3) is 0 Å². The number of nitrogens with one attached hydrogen (secondary N) is 2. The fraction of sp³-hybridized carbons (Fsp3) is 0.727. The van der Waals surface area contributed by atoms with Crippen molar-refractivity contribution in [3.63, 3.8) is 0 Å². The smallest absolute Gasteiger partial charge is 0.259 e. The van der Waals surface area contributed by atoms with Gasteiger partial charge in [0, 0.05) is 25.3 Å². The second-order valence-electron chi connectivity index (χ2n) is 4.78. The molecule has 0 aromatic carbocycles. The Labute approximate surface area is 108 Å². The van der Waals surface area contributed by atoms with Crippen LogP contribution in [0.4, 0.5) is 0 Å². The van der Waals surface area contributed by atoms with Crippen LogP contribution in [0.2, 0.25) is 0 Å². The van der Waals surface area contributed by atoms with Crippen LogP contribution in [0.1, 0.15) is 19.7 Å². The number of rotatable bonds is 4. The molecule has 2 rings (SSSR count). The first-order valence-corrected chi connectivity index (χ1v) is 7.69. The maximum absolute atomic E-state index is 12.2. The predicted molar refractivity (Wildman–Crippen MR) is 68.8 cm³/mol. The Morgan fingerprint density at radius 1 is 1.56 bits per heavy atom. The van der Waals surface area contributed by atoms with Gasteiger partial charge in [0.1, 0.15) is 5.82 Å². The minimum atomic E-state index is -3.51. The Kier molecular flexibility index (Phi) is 3.74. The zero-order chi connectivity index (χ0) is 13.3. The second kappa shape index (κ2) is 4.99. The van der Waals surface area contributed by atoms with Crippen LogP contribution in [0.15, 0.2) is 11.2 Å². The van der Waals surface area contributed by atoms with Crippen molar-refractivity contribution < 1.29 is 8.42 Å². The Balaban J connectivity index is 2.19. The summed E-state index contributed by atoms with van der Waals surface area (Å²) in [7, 11) is -3.51. The van der Waals surface area contributed by atoms with Gasteiger partial charge < -0.3 is 9.88 Å². The molecule has 0 amide bonds. The lowest BCUT2D eigenvalue weighted by Crippen LogP contribution is -2.39. The van der Waals surface area contributed by atoms with Gasteiger partial charge in [0.15, 0.2) is 5.03 Å². The van der Waals surface area contributed by atoms with Crippen LogP contribution in [-0.4, -0.2) is 37.1 Å². The van der Waals surface area contributed by atoms with Gasteiger partial charge in [-0.2, -0.15) is 0 Å². The molecule has 0 radical (unpaired) electrons. The highest BCUT2D eigenvalue weighted by Gasteiger charge is 2.29. The van der Waals surface area contributed by atoms with E-state index in [2.05, 4.69) is 15.0 Å². The van der Waals surface area contributed by atoms with Crippen molar-refractivity contribution in [1.29, 1.82) is 0 Å². The van der Waals surface area contributed by atoms with E-state index in [1.165, 1.54) is 0 Å². The fourth-order valence-electron chi connectivity index (χ4n) is 2.16. The second-order valence-corrected chi connectivity index (χ2v) is 6.44. The van der Waals surface area contributed by atoms with Crippen molar-refractivity contribution in [2.24, 2.45) is 5.92 Å². The van der Waals surface area contributed by atoms with Crippen molar-refractivity contribution in [1.82, 2.24) is 19.6 Å². The van der Waals surface area contributed by atoms with Gasteiger partial charge in [-0.15, -0.1) is 0 Å². The summed E-state index contributed by atoms with van der Waals surface area (Å²) in [4.78, 5) is 4.11. The zero-order valence-electron chi connectivity index (χ0n) is 11.0. The van der Waals surface area contributed by atoms with E-state index in [9.17, 15) is 8.42 Å². The summed E-state index contributed by atoms with van der Waals surface area (Å²) < 4.78 is 28.9. The topological polar surface area (TPSA) is 76.0 Å².